The number of aryl methyl sites for hydroxylation is 1. The number of aromatic nitrogens is 1. The maximum Gasteiger partial charge on any atom is 0.191 e. The molecule has 1 saturated carbocycles. The molecule has 5 nitrogen and oxygen atoms in total. The van der Waals surface area contributed by atoms with Crippen LogP contribution >= 0.6 is 24.0 Å². The number of rotatable bonds is 4. The minimum absolute atomic E-state index is 0. The van der Waals surface area contributed by atoms with Crippen molar-refractivity contribution < 1.29 is 0 Å². The van der Waals surface area contributed by atoms with Crippen LogP contribution in [0.25, 0.3) is 0 Å². The predicted octanol–water partition coefficient (Wildman–Crippen LogP) is 2.52. The monoisotopic (exact) mass is 415 g/mol. The van der Waals surface area contributed by atoms with Crippen LogP contribution in [0, 0.1) is 6.92 Å². The van der Waals surface area contributed by atoms with Crippen LogP contribution in [0.15, 0.2) is 17.1 Å². The number of nitrogens with two attached hydrogens (primary N) is 1. The topological polar surface area (TPSA) is 57.8 Å². The molecule has 0 aromatic carbocycles. The summed E-state index contributed by atoms with van der Waals surface area (Å²) in [6.07, 6.45) is 4.98. The lowest BCUT2D eigenvalue weighted by atomic mass is 10.2. The second kappa shape index (κ2) is 7.48. The largest absolute Gasteiger partial charge is 0.370 e. The number of hydrogen-bond donors (Lipinski definition) is 1. The molecule has 22 heavy (non-hydrogen) atoms. The first-order valence-corrected chi connectivity index (χ1v) is 7.89. The Morgan fingerprint density at radius 3 is 2.68 bits per heavy atom. The Labute approximate surface area is 150 Å². The first-order valence-electron chi connectivity index (χ1n) is 7.89. The zero-order valence-electron chi connectivity index (χ0n) is 13.5. The van der Waals surface area contributed by atoms with Gasteiger partial charge in [0.05, 0.1) is 6.54 Å². The normalized spacial score (nSPS) is 18.3. The predicted molar refractivity (Wildman–Crippen MR) is 102 cm³/mol. The fourth-order valence-electron chi connectivity index (χ4n) is 2.82. The SMILES string of the molecule is Cc1ccc(CN=C(N)N(C)C2CC2)c(N2CCCC2)n1.I. The Morgan fingerprint density at radius 1 is 1.36 bits per heavy atom. The first-order chi connectivity index (χ1) is 10.1. The second-order valence-electron chi connectivity index (χ2n) is 6.15. The number of guanidine groups is 1. The van der Waals surface area contributed by atoms with E-state index in [-0.39, 0.29) is 24.0 Å². The maximum atomic E-state index is 6.08. The van der Waals surface area contributed by atoms with E-state index in [1.54, 1.807) is 0 Å². The van der Waals surface area contributed by atoms with Crippen molar-refractivity contribution in [2.45, 2.75) is 45.2 Å². The van der Waals surface area contributed by atoms with Gasteiger partial charge in [0, 0.05) is 37.4 Å². The first kappa shape index (κ1) is 17.3. The highest BCUT2D eigenvalue weighted by Gasteiger charge is 2.27. The number of halogens is 1. The molecule has 0 atom stereocenters. The van der Waals surface area contributed by atoms with Crippen molar-refractivity contribution in [3.8, 4) is 0 Å². The summed E-state index contributed by atoms with van der Waals surface area (Å²) in [5.74, 6) is 1.74. The summed E-state index contributed by atoms with van der Waals surface area (Å²) in [4.78, 5) is 13.8. The van der Waals surface area contributed by atoms with Gasteiger partial charge in [-0.3, -0.25) is 0 Å². The van der Waals surface area contributed by atoms with Crippen molar-refractivity contribution in [1.29, 1.82) is 0 Å². The van der Waals surface area contributed by atoms with Gasteiger partial charge in [-0.05, 0) is 38.7 Å². The third kappa shape index (κ3) is 4.02. The molecule has 0 radical (unpaired) electrons. The molecule has 1 aliphatic carbocycles. The average molecular weight is 415 g/mol. The molecule has 2 fully saturated rings. The molecule has 1 aromatic rings. The average Bonchev–Trinajstić information content (AvgIpc) is 3.19. The van der Waals surface area contributed by atoms with Gasteiger partial charge in [-0.15, -0.1) is 24.0 Å². The molecular formula is C16H26IN5. The lowest BCUT2D eigenvalue weighted by molar-refractivity contribution is 0.487. The number of nitrogens with zero attached hydrogens (tertiary/aromatic N) is 4. The molecule has 2 heterocycles. The van der Waals surface area contributed by atoms with Crippen molar-refractivity contribution in [2.75, 3.05) is 25.0 Å². The molecule has 2 aliphatic rings. The summed E-state index contributed by atoms with van der Waals surface area (Å²) in [5, 5.41) is 0. The van der Waals surface area contributed by atoms with Crippen molar-refractivity contribution in [3.05, 3.63) is 23.4 Å². The minimum Gasteiger partial charge on any atom is -0.370 e. The summed E-state index contributed by atoms with van der Waals surface area (Å²) in [6.45, 7) is 4.86. The summed E-state index contributed by atoms with van der Waals surface area (Å²) < 4.78 is 0. The standard InChI is InChI=1S/C16H25N5.HI/c1-12-5-6-13(15(19-12)21-9-3-4-10-21)11-18-16(17)20(2)14-7-8-14;/h5-6,14H,3-4,7-11H2,1-2H3,(H2,17,18);1H. The third-order valence-corrected chi connectivity index (χ3v) is 4.37. The number of anilines is 1. The molecule has 6 heteroatoms. The highest BCUT2D eigenvalue weighted by Crippen LogP contribution is 2.26. The molecule has 3 rings (SSSR count). The fourth-order valence-corrected chi connectivity index (χ4v) is 2.82. The van der Waals surface area contributed by atoms with Gasteiger partial charge >= 0.3 is 0 Å². The van der Waals surface area contributed by atoms with Crippen LogP contribution in [0.4, 0.5) is 5.82 Å². The summed E-state index contributed by atoms with van der Waals surface area (Å²) in [6, 6.07) is 4.80. The van der Waals surface area contributed by atoms with Crippen LogP contribution in [-0.4, -0.2) is 42.0 Å². The minimum atomic E-state index is 0. The molecular weight excluding hydrogens is 389 g/mol. The lowest BCUT2D eigenvalue weighted by Crippen LogP contribution is -2.35. The molecule has 122 valence electrons. The smallest absolute Gasteiger partial charge is 0.191 e. The van der Waals surface area contributed by atoms with Gasteiger partial charge in [0.25, 0.3) is 0 Å². The highest BCUT2D eigenvalue weighted by molar-refractivity contribution is 14.0. The zero-order chi connectivity index (χ0) is 14.8. The summed E-state index contributed by atoms with van der Waals surface area (Å²) >= 11 is 0. The summed E-state index contributed by atoms with van der Waals surface area (Å²) in [5.41, 5.74) is 8.32. The highest BCUT2D eigenvalue weighted by atomic mass is 127. The Bertz CT molecular complexity index is 535. The number of pyridine rings is 1. The third-order valence-electron chi connectivity index (χ3n) is 4.37. The van der Waals surface area contributed by atoms with Gasteiger partial charge in [0.1, 0.15) is 5.82 Å². The van der Waals surface area contributed by atoms with Crippen LogP contribution in [0.5, 0.6) is 0 Å². The molecule has 0 unspecified atom stereocenters. The molecule has 0 bridgehead atoms. The fraction of sp³-hybridized carbons (Fsp3) is 0.625. The second-order valence-corrected chi connectivity index (χ2v) is 6.15. The van der Waals surface area contributed by atoms with Crippen molar-refractivity contribution in [2.24, 2.45) is 10.7 Å². The van der Waals surface area contributed by atoms with E-state index in [4.69, 9.17) is 10.7 Å². The summed E-state index contributed by atoms with van der Waals surface area (Å²) in [7, 11) is 2.03. The Kier molecular flexibility index (Phi) is 5.88. The van der Waals surface area contributed by atoms with Gasteiger partial charge in [0.15, 0.2) is 5.96 Å². The molecule has 0 amide bonds. The van der Waals surface area contributed by atoms with Gasteiger partial charge in [-0.25, -0.2) is 9.98 Å². The maximum absolute atomic E-state index is 6.08. The van der Waals surface area contributed by atoms with E-state index in [1.807, 2.05) is 14.0 Å². The number of aliphatic imine (C=N–C) groups is 1. The van der Waals surface area contributed by atoms with Crippen LogP contribution in [-0.2, 0) is 6.54 Å². The van der Waals surface area contributed by atoms with Crippen LogP contribution in [0.2, 0.25) is 0 Å². The van der Waals surface area contributed by atoms with E-state index in [0.29, 0.717) is 18.5 Å². The van der Waals surface area contributed by atoms with Crippen LogP contribution in [0.3, 0.4) is 0 Å². The van der Waals surface area contributed by atoms with Gasteiger partial charge < -0.3 is 15.5 Å². The molecule has 2 N–H and O–H groups in total. The van der Waals surface area contributed by atoms with E-state index in [0.717, 1.165) is 24.6 Å². The van der Waals surface area contributed by atoms with Crippen molar-refractivity contribution in [1.82, 2.24) is 9.88 Å². The van der Waals surface area contributed by atoms with E-state index in [2.05, 4.69) is 26.9 Å². The van der Waals surface area contributed by atoms with E-state index >= 15 is 0 Å². The molecule has 1 saturated heterocycles. The number of hydrogen-bond acceptors (Lipinski definition) is 3. The molecule has 0 spiro atoms. The van der Waals surface area contributed by atoms with E-state index in [9.17, 15) is 0 Å². The Hall–Kier alpha value is -1.05. The van der Waals surface area contributed by atoms with Crippen molar-refractivity contribution >= 4 is 35.8 Å². The van der Waals surface area contributed by atoms with Crippen molar-refractivity contribution in [3.63, 3.8) is 0 Å². The van der Waals surface area contributed by atoms with Gasteiger partial charge in [0.2, 0.25) is 0 Å². The van der Waals surface area contributed by atoms with E-state index < -0.39 is 0 Å². The van der Waals surface area contributed by atoms with Gasteiger partial charge in [-0.2, -0.15) is 0 Å². The quantitative estimate of drug-likeness (QED) is 0.467. The lowest BCUT2D eigenvalue weighted by Gasteiger charge is -2.21. The van der Waals surface area contributed by atoms with E-state index in [1.165, 1.54) is 31.2 Å². The molecule has 1 aliphatic heterocycles. The van der Waals surface area contributed by atoms with Crippen LogP contribution in [0.1, 0.15) is 36.9 Å². The van der Waals surface area contributed by atoms with Gasteiger partial charge in [-0.1, -0.05) is 6.07 Å². The zero-order valence-corrected chi connectivity index (χ0v) is 15.8. The molecule has 1 aromatic heterocycles. The van der Waals surface area contributed by atoms with Crippen LogP contribution < -0.4 is 10.6 Å². The Balaban J connectivity index is 0.00000176. The Morgan fingerprint density at radius 2 is 2.05 bits per heavy atom.